The molecule has 1 nitrogen and oxygen atoms in total. The Morgan fingerprint density at radius 1 is 0.559 bits per heavy atom. The molecule has 0 bridgehead atoms. The first-order valence-electron chi connectivity index (χ1n) is 11.7. The number of para-hydroxylation sites is 1. The molecule has 0 spiro atoms. The van der Waals surface area contributed by atoms with Gasteiger partial charge in [-0.05, 0) is 72.0 Å². The van der Waals surface area contributed by atoms with Crippen molar-refractivity contribution in [2.45, 2.75) is 23.1 Å². The highest BCUT2D eigenvalue weighted by molar-refractivity contribution is 7.99. The van der Waals surface area contributed by atoms with Gasteiger partial charge in [-0.3, -0.25) is 0 Å². The molecule has 0 unspecified atom stereocenters. The van der Waals surface area contributed by atoms with Crippen molar-refractivity contribution in [3.8, 4) is 11.1 Å². The second-order valence-electron chi connectivity index (χ2n) is 8.74. The van der Waals surface area contributed by atoms with Crippen molar-refractivity contribution in [2.75, 3.05) is 4.90 Å². The van der Waals surface area contributed by atoms with Crippen LogP contribution in [0.25, 0.3) is 11.1 Å². The fraction of sp³-hybridized carbons (Fsp3) is 0.0625. The molecule has 34 heavy (non-hydrogen) atoms. The number of anilines is 3. The average molecular weight is 456 g/mol. The molecule has 0 atom stereocenters. The summed E-state index contributed by atoms with van der Waals surface area (Å²) in [6, 6.07) is 43.8. The second kappa shape index (κ2) is 8.89. The lowest BCUT2D eigenvalue weighted by Gasteiger charge is -2.30. The van der Waals surface area contributed by atoms with E-state index in [1.165, 1.54) is 49.0 Å². The summed E-state index contributed by atoms with van der Waals surface area (Å²) in [6.07, 6.45) is 0.974. The third-order valence-electron chi connectivity index (χ3n) is 6.41. The number of hydrogen-bond donors (Lipinski definition) is 0. The molecule has 0 aromatic heterocycles. The first kappa shape index (κ1) is 20.8. The standard InChI is InChI=1S/C32H25NS/c1-23-14-16-24(17-15-23)25-18-20-29(21-19-25)33(28-10-3-2-4-11-28)30-12-7-9-27-22-26-8-5-6-13-31(26)34-32(27)30/h2-21H,22H2,1H3. The fourth-order valence-electron chi connectivity index (χ4n) is 4.62. The second-order valence-corrected chi connectivity index (χ2v) is 9.79. The summed E-state index contributed by atoms with van der Waals surface area (Å²) in [6.45, 7) is 2.13. The van der Waals surface area contributed by atoms with Crippen LogP contribution in [0.4, 0.5) is 17.1 Å². The SMILES string of the molecule is Cc1ccc(-c2ccc(N(c3ccccc3)c3cccc4c3Sc3ccccc3C4)cc2)cc1. The van der Waals surface area contributed by atoms with E-state index in [1.807, 2.05) is 11.8 Å². The Morgan fingerprint density at radius 3 is 1.94 bits per heavy atom. The number of nitrogens with zero attached hydrogens (tertiary/aromatic N) is 1. The van der Waals surface area contributed by atoms with E-state index >= 15 is 0 Å². The Kier molecular flexibility index (Phi) is 5.44. The maximum Gasteiger partial charge on any atom is 0.0604 e. The molecule has 5 aromatic carbocycles. The summed E-state index contributed by atoms with van der Waals surface area (Å²) in [5.41, 5.74) is 10.1. The van der Waals surface area contributed by atoms with Gasteiger partial charge in [-0.2, -0.15) is 0 Å². The van der Waals surface area contributed by atoms with Crippen LogP contribution in [0, 0.1) is 6.92 Å². The molecule has 0 aliphatic carbocycles. The molecule has 5 aromatic rings. The monoisotopic (exact) mass is 455 g/mol. The van der Waals surface area contributed by atoms with E-state index in [1.54, 1.807) is 0 Å². The van der Waals surface area contributed by atoms with Gasteiger partial charge in [0.15, 0.2) is 0 Å². The van der Waals surface area contributed by atoms with Crippen LogP contribution in [-0.2, 0) is 6.42 Å². The van der Waals surface area contributed by atoms with Gasteiger partial charge in [0.05, 0.1) is 5.69 Å². The minimum absolute atomic E-state index is 0.974. The predicted molar refractivity (Wildman–Crippen MR) is 145 cm³/mol. The van der Waals surface area contributed by atoms with Gasteiger partial charge in [0.2, 0.25) is 0 Å². The molecule has 1 heterocycles. The maximum absolute atomic E-state index is 2.39. The molecule has 164 valence electrons. The summed E-state index contributed by atoms with van der Waals surface area (Å²) >= 11 is 1.89. The zero-order valence-electron chi connectivity index (χ0n) is 19.1. The minimum atomic E-state index is 0.974. The topological polar surface area (TPSA) is 3.24 Å². The summed E-state index contributed by atoms with van der Waals surface area (Å²) < 4.78 is 0. The van der Waals surface area contributed by atoms with Crippen molar-refractivity contribution < 1.29 is 0 Å². The number of rotatable bonds is 4. The number of benzene rings is 5. The highest BCUT2D eigenvalue weighted by Gasteiger charge is 2.23. The van der Waals surface area contributed by atoms with Gasteiger partial charge in [-0.15, -0.1) is 0 Å². The minimum Gasteiger partial charge on any atom is -0.309 e. The van der Waals surface area contributed by atoms with Crippen LogP contribution in [0.5, 0.6) is 0 Å². The lowest BCUT2D eigenvalue weighted by atomic mass is 10.0. The Hall–Kier alpha value is -3.75. The smallest absolute Gasteiger partial charge is 0.0604 e. The molecule has 0 radical (unpaired) electrons. The van der Waals surface area contributed by atoms with Gasteiger partial charge in [0, 0.05) is 21.2 Å². The molecule has 1 aliphatic rings. The van der Waals surface area contributed by atoms with Crippen molar-refractivity contribution in [2.24, 2.45) is 0 Å². The summed E-state index contributed by atoms with van der Waals surface area (Å²) in [7, 11) is 0. The summed E-state index contributed by atoms with van der Waals surface area (Å²) in [4.78, 5) is 5.08. The van der Waals surface area contributed by atoms with E-state index in [4.69, 9.17) is 0 Å². The van der Waals surface area contributed by atoms with Gasteiger partial charge < -0.3 is 4.90 Å². The van der Waals surface area contributed by atoms with Gasteiger partial charge in [0.25, 0.3) is 0 Å². The van der Waals surface area contributed by atoms with E-state index in [0.29, 0.717) is 0 Å². The number of aryl methyl sites for hydroxylation is 1. The van der Waals surface area contributed by atoms with Crippen LogP contribution in [-0.4, -0.2) is 0 Å². The molecule has 2 heteroatoms. The molecule has 0 fully saturated rings. The lowest BCUT2D eigenvalue weighted by Crippen LogP contribution is -2.13. The van der Waals surface area contributed by atoms with E-state index in [2.05, 4.69) is 133 Å². The van der Waals surface area contributed by atoms with Gasteiger partial charge in [-0.1, -0.05) is 102 Å². The quantitative estimate of drug-likeness (QED) is 0.261. The zero-order chi connectivity index (χ0) is 22.9. The van der Waals surface area contributed by atoms with Crippen LogP contribution >= 0.6 is 11.8 Å². The van der Waals surface area contributed by atoms with E-state index < -0.39 is 0 Å². The highest BCUT2D eigenvalue weighted by atomic mass is 32.2. The molecule has 0 N–H and O–H groups in total. The van der Waals surface area contributed by atoms with Crippen LogP contribution in [0.2, 0.25) is 0 Å². The molecular formula is C32H25NS. The Balaban J connectivity index is 1.45. The number of fused-ring (bicyclic) bond motifs is 2. The third kappa shape index (κ3) is 3.91. The molecule has 0 amide bonds. The zero-order valence-corrected chi connectivity index (χ0v) is 19.9. The predicted octanol–water partition coefficient (Wildman–Crippen LogP) is 9.19. The first-order chi connectivity index (χ1) is 16.8. The Morgan fingerprint density at radius 2 is 1.18 bits per heavy atom. The Labute approximate surface area is 205 Å². The maximum atomic E-state index is 2.39. The van der Waals surface area contributed by atoms with Gasteiger partial charge in [-0.25, -0.2) is 0 Å². The van der Waals surface area contributed by atoms with Gasteiger partial charge >= 0.3 is 0 Å². The molecule has 1 aliphatic heterocycles. The van der Waals surface area contributed by atoms with Gasteiger partial charge in [0.1, 0.15) is 0 Å². The van der Waals surface area contributed by atoms with Crippen LogP contribution in [0.1, 0.15) is 16.7 Å². The van der Waals surface area contributed by atoms with E-state index in [-0.39, 0.29) is 0 Å². The van der Waals surface area contributed by atoms with E-state index in [0.717, 1.165) is 12.1 Å². The highest BCUT2D eigenvalue weighted by Crippen LogP contribution is 2.48. The fourth-order valence-corrected chi connectivity index (χ4v) is 5.80. The number of hydrogen-bond acceptors (Lipinski definition) is 2. The molecule has 0 saturated carbocycles. The normalized spacial score (nSPS) is 12.0. The molecule has 0 saturated heterocycles. The molecular weight excluding hydrogens is 430 g/mol. The van der Waals surface area contributed by atoms with Crippen molar-refractivity contribution in [1.82, 2.24) is 0 Å². The molecule has 6 rings (SSSR count). The van der Waals surface area contributed by atoms with E-state index in [9.17, 15) is 0 Å². The third-order valence-corrected chi connectivity index (χ3v) is 7.70. The van der Waals surface area contributed by atoms with Crippen LogP contribution in [0.15, 0.2) is 131 Å². The van der Waals surface area contributed by atoms with Crippen LogP contribution < -0.4 is 4.90 Å². The van der Waals surface area contributed by atoms with Crippen LogP contribution in [0.3, 0.4) is 0 Å². The Bertz CT molecular complexity index is 1440. The summed E-state index contributed by atoms with van der Waals surface area (Å²) in [5.74, 6) is 0. The first-order valence-corrected chi connectivity index (χ1v) is 12.5. The van der Waals surface area contributed by atoms with Crippen molar-refractivity contribution in [1.29, 1.82) is 0 Å². The lowest BCUT2D eigenvalue weighted by molar-refractivity contribution is 1.04. The van der Waals surface area contributed by atoms with Crippen molar-refractivity contribution in [3.63, 3.8) is 0 Å². The largest absolute Gasteiger partial charge is 0.309 e. The van der Waals surface area contributed by atoms with Crippen molar-refractivity contribution >= 4 is 28.8 Å². The summed E-state index contributed by atoms with van der Waals surface area (Å²) in [5, 5.41) is 0. The van der Waals surface area contributed by atoms with Crippen molar-refractivity contribution in [3.05, 3.63) is 138 Å². The average Bonchev–Trinajstić information content (AvgIpc) is 2.89.